The molecule has 2 nitrogen and oxygen atoms in total. The molecule has 0 aromatic rings. The molecule has 0 radical (unpaired) electrons. The largest absolute Gasteiger partial charge is 0.478 e. The molecule has 0 aromatic heterocycles. The fourth-order valence-electron chi connectivity index (χ4n) is 2.91. The Morgan fingerprint density at radius 1 is 0.800 bits per heavy atom. The standard InChI is InChI=1S/C22H39ClO2/c1-2-3-4-5-12-15-18-21(23)19-16-13-10-8-6-7-9-11-14-17-20-22(24)25/h17,19-20H,2-16,18H2,1H3,(H,24,25). The van der Waals surface area contributed by atoms with Crippen LogP contribution in [0.2, 0.25) is 0 Å². The van der Waals surface area contributed by atoms with E-state index in [1.165, 1.54) is 83.1 Å². The molecule has 146 valence electrons. The predicted octanol–water partition coefficient (Wildman–Crippen LogP) is 8.01. The summed E-state index contributed by atoms with van der Waals surface area (Å²) in [5.74, 6) is -0.846. The average molecular weight is 371 g/mol. The van der Waals surface area contributed by atoms with Crippen molar-refractivity contribution in [1.29, 1.82) is 0 Å². The molecule has 0 aromatic carbocycles. The van der Waals surface area contributed by atoms with Gasteiger partial charge in [-0.25, -0.2) is 4.79 Å². The van der Waals surface area contributed by atoms with E-state index in [1.54, 1.807) is 6.08 Å². The Bertz CT molecular complexity index is 361. The molecule has 0 bridgehead atoms. The SMILES string of the molecule is CCCCCCCCC(Cl)=CCCCCCCCCCC=CC(=O)O. The van der Waals surface area contributed by atoms with E-state index in [-0.39, 0.29) is 0 Å². The van der Waals surface area contributed by atoms with E-state index in [0.29, 0.717) is 0 Å². The molecule has 0 aliphatic rings. The summed E-state index contributed by atoms with van der Waals surface area (Å²) in [4.78, 5) is 10.3. The number of carboxylic acid groups (broad SMARTS) is 1. The van der Waals surface area contributed by atoms with Crippen LogP contribution in [0.5, 0.6) is 0 Å². The Morgan fingerprint density at radius 2 is 1.32 bits per heavy atom. The number of hydrogen-bond acceptors (Lipinski definition) is 1. The fourth-order valence-corrected chi connectivity index (χ4v) is 3.15. The molecule has 0 atom stereocenters. The zero-order valence-electron chi connectivity index (χ0n) is 16.3. The second-order valence-electron chi connectivity index (χ2n) is 6.96. The third kappa shape index (κ3) is 21.2. The number of carboxylic acids is 1. The number of hydrogen-bond donors (Lipinski definition) is 1. The zero-order valence-corrected chi connectivity index (χ0v) is 17.0. The lowest BCUT2D eigenvalue weighted by Crippen LogP contribution is -1.85. The monoisotopic (exact) mass is 370 g/mol. The summed E-state index contributed by atoms with van der Waals surface area (Å²) in [6.07, 6.45) is 24.9. The lowest BCUT2D eigenvalue weighted by atomic mass is 10.1. The molecule has 0 aliphatic carbocycles. The smallest absolute Gasteiger partial charge is 0.327 e. The van der Waals surface area contributed by atoms with E-state index in [1.807, 2.05) is 0 Å². The van der Waals surface area contributed by atoms with Crippen LogP contribution in [0.25, 0.3) is 0 Å². The van der Waals surface area contributed by atoms with Crippen LogP contribution in [0, 0.1) is 0 Å². The van der Waals surface area contributed by atoms with Gasteiger partial charge in [-0.05, 0) is 38.5 Å². The molecule has 1 N–H and O–H groups in total. The number of halogens is 1. The Hall–Kier alpha value is -0.760. The van der Waals surface area contributed by atoms with Gasteiger partial charge in [0.1, 0.15) is 0 Å². The maximum absolute atomic E-state index is 10.3. The number of carbonyl (C=O) groups is 1. The third-order valence-electron chi connectivity index (χ3n) is 4.47. The highest BCUT2D eigenvalue weighted by Crippen LogP contribution is 2.17. The summed E-state index contributed by atoms with van der Waals surface area (Å²) in [7, 11) is 0. The molecular formula is C22H39ClO2. The molecule has 0 amide bonds. The summed E-state index contributed by atoms with van der Waals surface area (Å²) < 4.78 is 0. The molecule has 0 rings (SSSR count). The summed E-state index contributed by atoms with van der Waals surface area (Å²) in [6.45, 7) is 2.25. The van der Waals surface area contributed by atoms with Gasteiger partial charge in [-0.3, -0.25) is 0 Å². The molecule has 0 unspecified atom stereocenters. The van der Waals surface area contributed by atoms with Crippen molar-refractivity contribution >= 4 is 17.6 Å². The van der Waals surface area contributed by atoms with Gasteiger partial charge in [-0.2, -0.15) is 0 Å². The number of allylic oxidation sites excluding steroid dienone is 3. The molecule has 0 saturated carbocycles. The molecule has 0 aliphatic heterocycles. The van der Waals surface area contributed by atoms with Gasteiger partial charge in [0.15, 0.2) is 0 Å². The first kappa shape index (κ1) is 24.2. The van der Waals surface area contributed by atoms with Crippen LogP contribution in [-0.2, 0) is 4.79 Å². The van der Waals surface area contributed by atoms with Crippen molar-refractivity contribution in [2.45, 2.75) is 110 Å². The second-order valence-corrected chi connectivity index (χ2v) is 7.45. The molecule has 0 heterocycles. The minimum absolute atomic E-state index is 0.846. The van der Waals surface area contributed by atoms with Gasteiger partial charge in [0.05, 0.1) is 0 Å². The summed E-state index contributed by atoms with van der Waals surface area (Å²) in [6, 6.07) is 0. The zero-order chi connectivity index (χ0) is 18.6. The third-order valence-corrected chi connectivity index (χ3v) is 4.81. The van der Waals surface area contributed by atoms with Crippen molar-refractivity contribution in [3.05, 3.63) is 23.3 Å². The van der Waals surface area contributed by atoms with Crippen LogP contribution in [0.4, 0.5) is 0 Å². The normalized spacial score (nSPS) is 12.2. The minimum atomic E-state index is -0.846. The highest BCUT2D eigenvalue weighted by atomic mass is 35.5. The summed E-state index contributed by atoms with van der Waals surface area (Å²) in [5.41, 5.74) is 0. The van der Waals surface area contributed by atoms with Crippen LogP contribution in [0.15, 0.2) is 23.3 Å². The molecular weight excluding hydrogens is 332 g/mol. The topological polar surface area (TPSA) is 37.3 Å². The van der Waals surface area contributed by atoms with E-state index >= 15 is 0 Å². The van der Waals surface area contributed by atoms with Crippen molar-refractivity contribution in [2.24, 2.45) is 0 Å². The maximum atomic E-state index is 10.3. The number of aliphatic carboxylic acids is 1. The molecule has 25 heavy (non-hydrogen) atoms. The maximum Gasteiger partial charge on any atom is 0.327 e. The fraction of sp³-hybridized carbons (Fsp3) is 0.773. The second kappa shape index (κ2) is 19.6. The van der Waals surface area contributed by atoms with Gasteiger partial charge in [-0.1, -0.05) is 94.9 Å². The van der Waals surface area contributed by atoms with E-state index in [0.717, 1.165) is 30.7 Å². The number of unbranched alkanes of at least 4 members (excludes halogenated alkanes) is 13. The van der Waals surface area contributed by atoms with E-state index < -0.39 is 5.97 Å². The van der Waals surface area contributed by atoms with Crippen molar-refractivity contribution in [1.82, 2.24) is 0 Å². The molecule has 0 spiro atoms. The Balaban J connectivity index is 3.29. The average Bonchev–Trinajstić information content (AvgIpc) is 2.58. The first-order chi connectivity index (χ1) is 12.2. The van der Waals surface area contributed by atoms with Gasteiger partial charge in [-0.15, -0.1) is 0 Å². The Morgan fingerprint density at radius 3 is 1.92 bits per heavy atom. The first-order valence-electron chi connectivity index (χ1n) is 10.4. The molecule has 0 saturated heterocycles. The Labute approximate surface area is 160 Å². The van der Waals surface area contributed by atoms with Gasteiger partial charge in [0.25, 0.3) is 0 Å². The van der Waals surface area contributed by atoms with Gasteiger partial charge < -0.3 is 5.11 Å². The van der Waals surface area contributed by atoms with E-state index in [4.69, 9.17) is 16.7 Å². The minimum Gasteiger partial charge on any atom is -0.478 e. The van der Waals surface area contributed by atoms with Crippen molar-refractivity contribution in [3.63, 3.8) is 0 Å². The van der Waals surface area contributed by atoms with Crippen LogP contribution in [-0.4, -0.2) is 11.1 Å². The number of rotatable bonds is 18. The van der Waals surface area contributed by atoms with Crippen LogP contribution < -0.4 is 0 Å². The van der Waals surface area contributed by atoms with E-state index in [2.05, 4.69) is 13.0 Å². The van der Waals surface area contributed by atoms with Crippen LogP contribution in [0.3, 0.4) is 0 Å². The van der Waals surface area contributed by atoms with Crippen molar-refractivity contribution in [3.8, 4) is 0 Å². The quantitative estimate of drug-likeness (QED) is 0.196. The van der Waals surface area contributed by atoms with Crippen LogP contribution in [0.1, 0.15) is 110 Å². The van der Waals surface area contributed by atoms with Gasteiger partial charge >= 0.3 is 5.97 Å². The van der Waals surface area contributed by atoms with Crippen LogP contribution >= 0.6 is 11.6 Å². The van der Waals surface area contributed by atoms with Crippen molar-refractivity contribution in [2.75, 3.05) is 0 Å². The van der Waals surface area contributed by atoms with Crippen molar-refractivity contribution < 1.29 is 9.90 Å². The van der Waals surface area contributed by atoms with Gasteiger partial charge in [0, 0.05) is 11.1 Å². The molecule has 0 fully saturated rings. The predicted molar refractivity (Wildman–Crippen MR) is 110 cm³/mol. The van der Waals surface area contributed by atoms with Gasteiger partial charge in [0.2, 0.25) is 0 Å². The first-order valence-corrected chi connectivity index (χ1v) is 10.8. The lowest BCUT2D eigenvalue weighted by Gasteiger charge is -2.02. The highest BCUT2D eigenvalue weighted by molar-refractivity contribution is 6.29. The highest BCUT2D eigenvalue weighted by Gasteiger charge is 1.95. The van der Waals surface area contributed by atoms with E-state index in [9.17, 15) is 4.79 Å². The lowest BCUT2D eigenvalue weighted by molar-refractivity contribution is -0.131. The summed E-state index contributed by atoms with van der Waals surface area (Å²) >= 11 is 6.28. The Kier molecular flexibility index (Phi) is 19.0. The molecule has 3 heteroatoms. The summed E-state index contributed by atoms with van der Waals surface area (Å²) in [5, 5.41) is 9.53.